The van der Waals surface area contributed by atoms with Crippen molar-refractivity contribution in [2.45, 2.75) is 46.5 Å². The molecule has 90 valence electrons. The molecule has 0 saturated heterocycles. The Kier molecular flexibility index (Phi) is 8.22. The summed E-state index contributed by atoms with van der Waals surface area (Å²) in [4.78, 5) is 10.2. The highest BCUT2D eigenvalue weighted by molar-refractivity contribution is 5.79. The van der Waals surface area contributed by atoms with E-state index in [4.69, 9.17) is 5.11 Å². The van der Waals surface area contributed by atoms with Gasteiger partial charge >= 0.3 is 5.97 Å². The number of hydrogen-bond acceptors (Lipinski definition) is 1. The topological polar surface area (TPSA) is 37.3 Å². The van der Waals surface area contributed by atoms with Gasteiger partial charge in [0, 0.05) is 6.08 Å². The Balaban J connectivity index is 3.71. The molecule has 0 aromatic carbocycles. The molecule has 0 fully saturated rings. The molecule has 0 saturated carbocycles. The van der Waals surface area contributed by atoms with Gasteiger partial charge in [0.15, 0.2) is 0 Å². The summed E-state index contributed by atoms with van der Waals surface area (Å²) in [6.07, 6.45) is 11.2. The predicted octanol–water partition coefficient (Wildman–Crippen LogP) is 4.10. The first-order valence-corrected chi connectivity index (χ1v) is 5.71. The number of carbonyl (C=O) groups is 1. The highest BCUT2D eigenvalue weighted by Gasteiger charge is 1.89. The first kappa shape index (κ1) is 14.7. The lowest BCUT2D eigenvalue weighted by Gasteiger charge is -1.98. The van der Waals surface area contributed by atoms with Gasteiger partial charge in [0.25, 0.3) is 0 Å². The minimum absolute atomic E-state index is 0.798. The molecule has 0 aliphatic carbocycles. The molecule has 0 aromatic heterocycles. The molecule has 2 nitrogen and oxygen atoms in total. The lowest BCUT2D eigenvalue weighted by atomic mass is 10.1. The van der Waals surface area contributed by atoms with Crippen molar-refractivity contribution >= 4 is 5.97 Å². The highest BCUT2D eigenvalue weighted by atomic mass is 16.4. The normalized spacial score (nSPS) is 11.8. The molecule has 0 radical (unpaired) electrons. The third-order valence-corrected chi connectivity index (χ3v) is 2.18. The number of unbranched alkanes of at least 4 members (excludes halogenated alkanes) is 1. The van der Waals surface area contributed by atoms with Gasteiger partial charge in [-0.2, -0.15) is 0 Å². The quantitative estimate of drug-likeness (QED) is 0.400. The minimum atomic E-state index is -0.871. The van der Waals surface area contributed by atoms with Crippen molar-refractivity contribution in [1.29, 1.82) is 0 Å². The van der Waals surface area contributed by atoms with E-state index in [0.717, 1.165) is 25.7 Å². The Labute approximate surface area is 98.4 Å². The summed E-state index contributed by atoms with van der Waals surface area (Å²) in [5.74, 6) is -0.871. The average Bonchev–Trinajstić information content (AvgIpc) is 2.16. The second kappa shape index (κ2) is 8.96. The molecule has 0 heterocycles. The van der Waals surface area contributed by atoms with Gasteiger partial charge in [-0.1, -0.05) is 29.4 Å². The Bertz CT molecular complexity index is 292. The third-order valence-electron chi connectivity index (χ3n) is 2.18. The SMILES string of the molecule is CC(C)=CCC/C(C)=C/CC/C=C/C(=O)O. The maximum atomic E-state index is 10.2. The first-order valence-electron chi connectivity index (χ1n) is 5.71. The summed E-state index contributed by atoms with van der Waals surface area (Å²) in [7, 11) is 0. The largest absolute Gasteiger partial charge is 0.478 e. The molecule has 0 atom stereocenters. The molecule has 0 bridgehead atoms. The van der Waals surface area contributed by atoms with E-state index in [-0.39, 0.29) is 0 Å². The standard InChI is InChI=1S/C14H22O2/c1-12(2)8-7-10-13(3)9-5-4-6-11-14(15)16/h6,8-9,11H,4-5,7,10H2,1-3H3,(H,15,16)/b11-6+,13-9+. The Morgan fingerprint density at radius 2 is 1.75 bits per heavy atom. The van der Waals surface area contributed by atoms with Crippen molar-refractivity contribution in [3.05, 3.63) is 35.5 Å². The summed E-state index contributed by atoms with van der Waals surface area (Å²) >= 11 is 0. The van der Waals surface area contributed by atoms with Crippen LogP contribution < -0.4 is 0 Å². The van der Waals surface area contributed by atoms with Crippen LogP contribution in [0.4, 0.5) is 0 Å². The minimum Gasteiger partial charge on any atom is -0.478 e. The number of carboxylic acid groups (broad SMARTS) is 1. The van der Waals surface area contributed by atoms with Gasteiger partial charge in [0.05, 0.1) is 0 Å². The molecular formula is C14H22O2. The van der Waals surface area contributed by atoms with E-state index in [1.807, 2.05) is 0 Å². The van der Waals surface area contributed by atoms with Gasteiger partial charge in [0.2, 0.25) is 0 Å². The Morgan fingerprint density at radius 3 is 2.31 bits per heavy atom. The summed E-state index contributed by atoms with van der Waals surface area (Å²) in [6, 6.07) is 0. The van der Waals surface area contributed by atoms with Crippen molar-refractivity contribution in [3.8, 4) is 0 Å². The average molecular weight is 222 g/mol. The molecule has 2 heteroatoms. The van der Waals surface area contributed by atoms with Crippen molar-refractivity contribution in [3.63, 3.8) is 0 Å². The van der Waals surface area contributed by atoms with Crippen LogP contribution >= 0.6 is 0 Å². The molecule has 16 heavy (non-hydrogen) atoms. The number of hydrogen-bond donors (Lipinski definition) is 1. The monoisotopic (exact) mass is 222 g/mol. The number of carboxylic acids is 1. The van der Waals surface area contributed by atoms with E-state index in [1.54, 1.807) is 6.08 Å². The lowest BCUT2D eigenvalue weighted by Crippen LogP contribution is -1.85. The summed E-state index contributed by atoms with van der Waals surface area (Å²) in [6.45, 7) is 6.34. The summed E-state index contributed by atoms with van der Waals surface area (Å²) in [5, 5.41) is 8.38. The molecule has 0 aliphatic rings. The van der Waals surface area contributed by atoms with Crippen molar-refractivity contribution < 1.29 is 9.90 Å². The van der Waals surface area contributed by atoms with E-state index in [0.29, 0.717) is 0 Å². The van der Waals surface area contributed by atoms with Gasteiger partial charge in [-0.3, -0.25) is 0 Å². The van der Waals surface area contributed by atoms with Crippen LogP contribution in [-0.2, 0) is 4.79 Å². The molecule has 0 spiro atoms. The third kappa shape index (κ3) is 10.8. The van der Waals surface area contributed by atoms with Crippen LogP contribution in [0, 0.1) is 0 Å². The van der Waals surface area contributed by atoms with Crippen LogP contribution in [0.15, 0.2) is 35.5 Å². The fourth-order valence-electron chi connectivity index (χ4n) is 1.30. The molecule has 1 N–H and O–H groups in total. The first-order chi connectivity index (χ1) is 7.52. The predicted molar refractivity (Wildman–Crippen MR) is 68.4 cm³/mol. The van der Waals surface area contributed by atoms with Crippen LogP contribution in [0.3, 0.4) is 0 Å². The second-order valence-electron chi connectivity index (χ2n) is 4.19. The van der Waals surface area contributed by atoms with Gasteiger partial charge in [0.1, 0.15) is 0 Å². The molecule has 0 rings (SSSR count). The van der Waals surface area contributed by atoms with Crippen LogP contribution in [0.2, 0.25) is 0 Å². The van der Waals surface area contributed by atoms with E-state index < -0.39 is 5.97 Å². The molecule has 0 unspecified atom stereocenters. The zero-order valence-electron chi connectivity index (χ0n) is 10.5. The number of rotatable bonds is 7. The Hall–Kier alpha value is -1.31. The maximum absolute atomic E-state index is 10.2. The Morgan fingerprint density at radius 1 is 1.06 bits per heavy atom. The fraction of sp³-hybridized carbons (Fsp3) is 0.500. The van der Waals surface area contributed by atoms with Crippen LogP contribution in [0.1, 0.15) is 46.5 Å². The van der Waals surface area contributed by atoms with Gasteiger partial charge < -0.3 is 5.11 Å². The number of aliphatic carboxylic acids is 1. The van der Waals surface area contributed by atoms with Gasteiger partial charge in [-0.25, -0.2) is 4.79 Å². The van der Waals surface area contributed by atoms with Crippen LogP contribution in [0.5, 0.6) is 0 Å². The molecule has 0 aliphatic heterocycles. The highest BCUT2D eigenvalue weighted by Crippen LogP contribution is 2.08. The van der Waals surface area contributed by atoms with Crippen LogP contribution in [0.25, 0.3) is 0 Å². The van der Waals surface area contributed by atoms with Gasteiger partial charge in [-0.05, 0) is 46.5 Å². The smallest absolute Gasteiger partial charge is 0.327 e. The fourth-order valence-corrected chi connectivity index (χ4v) is 1.30. The maximum Gasteiger partial charge on any atom is 0.327 e. The lowest BCUT2D eigenvalue weighted by molar-refractivity contribution is -0.131. The number of allylic oxidation sites excluding steroid dienone is 5. The van der Waals surface area contributed by atoms with E-state index in [9.17, 15) is 4.79 Å². The van der Waals surface area contributed by atoms with E-state index in [2.05, 4.69) is 32.9 Å². The second-order valence-corrected chi connectivity index (χ2v) is 4.19. The molecule has 0 amide bonds. The van der Waals surface area contributed by atoms with Crippen molar-refractivity contribution in [2.75, 3.05) is 0 Å². The zero-order chi connectivity index (χ0) is 12.4. The molecular weight excluding hydrogens is 200 g/mol. The van der Waals surface area contributed by atoms with Crippen molar-refractivity contribution in [2.24, 2.45) is 0 Å². The van der Waals surface area contributed by atoms with E-state index >= 15 is 0 Å². The van der Waals surface area contributed by atoms with Crippen LogP contribution in [-0.4, -0.2) is 11.1 Å². The summed E-state index contributed by atoms with van der Waals surface area (Å²) < 4.78 is 0. The summed E-state index contributed by atoms with van der Waals surface area (Å²) in [5.41, 5.74) is 2.73. The van der Waals surface area contributed by atoms with E-state index in [1.165, 1.54) is 17.2 Å². The van der Waals surface area contributed by atoms with Crippen molar-refractivity contribution in [1.82, 2.24) is 0 Å². The zero-order valence-corrected chi connectivity index (χ0v) is 10.5. The molecule has 0 aromatic rings. The van der Waals surface area contributed by atoms with Gasteiger partial charge in [-0.15, -0.1) is 0 Å².